The molecule has 0 bridgehead atoms. The Morgan fingerprint density at radius 1 is 1.19 bits per heavy atom. The average Bonchev–Trinajstić information content (AvgIpc) is 3.04. The predicted octanol–water partition coefficient (Wildman–Crippen LogP) is 2.23. The standard InChI is InChI=1S/C19H18FN3O3/c20-13-5-12(7-22-8-13)11-1-2-16-15(6-11)19(10-25-18(21)23-19)14-3-4-24-9-17(14)26-16/h1-2,5-8,14,17H,3-4,9-10H2,(H2,21,23)/t14-,17-,19-/m1/s1. The fourth-order valence-corrected chi connectivity index (χ4v) is 4.23. The number of ether oxygens (including phenoxy) is 3. The van der Waals surface area contributed by atoms with E-state index in [0.29, 0.717) is 25.4 Å². The summed E-state index contributed by atoms with van der Waals surface area (Å²) in [4.78, 5) is 8.65. The summed E-state index contributed by atoms with van der Waals surface area (Å²) >= 11 is 0. The zero-order valence-corrected chi connectivity index (χ0v) is 14.0. The second-order valence-electron chi connectivity index (χ2n) is 6.89. The molecule has 0 saturated carbocycles. The smallest absolute Gasteiger partial charge is 0.283 e. The van der Waals surface area contributed by atoms with Crippen LogP contribution in [0.25, 0.3) is 11.1 Å². The molecule has 0 amide bonds. The first-order chi connectivity index (χ1) is 12.7. The largest absolute Gasteiger partial charge is 0.487 e. The van der Waals surface area contributed by atoms with Gasteiger partial charge in [0.2, 0.25) is 0 Å². The third-order valence-corrected chi connectivity index (χ3v) is 5.43. The molecular formula is C19H18FN3O3. The van der Waals surface area contributed by atoms with E-state index in [-0.39, 0.29) is 23.9 Å². The van der Waals surface area contributed by atoms with Crippen LogP contribution in [0.3, 0.4) is 0 Å². The maximum Gasteiger partial charge on any atom is 0.283 e. The summed E-state index contributed by atoms with van der Waals surface area (Å²) in [7, 11) is 0. The van der Waals surface area contributed by atoms with Gasteiger partial charge >= 0.3 is 0 Å². The summed E-state index contributed by atoms with van der Waals surface area (Å²) < 4.78 is 31.0. The minimum Gasteiger partial charge on any atom is -0.487 e. The maximum atomic E-state index is 13.6. The molecule has 7 heteroatoms. The Morgan fingerprint density at radius 2 is 2.12 bits per heavy atom. The van der Waals surface area contributed by atoms with Crippen molar-refractivity contribution < 1.29 is 18.6 Å². The molecule has 5 rings (SSSR count). The van der Waals surface area contributed by atoms with Crippen LogP contribution in [0.1, 0.15) is 12.0 Å². The molecule has 0 aliphatic carbocycles. The van der Waals surface area contributed by atoms with Gasteiger partial charge in [0.15, 0.2) is 0 Å². The first kappa shape index (κ1) is 15.6. The number of aliphatic imine (C=N–C) groups is 1. The number of halogens is 1. The number of amidine groups is 1. The molecule has 3 aliphatic rings. The van der Waals surface area contributed by atoms with Gasteiger partial charge in [-0.2, -0.15) is 0 Å². The van der Waals surface area contributed by atoms with E-state index in [2.05, 4.69) is 4.98 Å². The van der Waals surface area contributed by atoms with Gasteiger partial charge < -0.3 is 19.9 Å². The molecule has 0 radical (unpaired) electrons. The minimum atomic E-state index is -0.594. The van der Waals surface area contributed by atoms with Crippen molar-refractivity contribution >= 4 is 6.02 Å². The van der Waals surface area contributed by atoms with Crippen molar-refractivity contribution in [2.24, 2.45) is 16.6 Å². The minimum absolute atomic E-state index is 0.0869. The third-order valence-electron chi connectivity index (χ3n) is 5.43. The molecule has 6 nitrogen and oxygen atoms in total. The molecule has 3 atom stereocenters. The SMILES string of the molecule is NC1=N[C@@]2(CO1)c1cc(-c3cncc(F)c3)ccc1O[C@@H]1COCC[C@H]12. The van der Waals surface area contributed by atoms with Crippen LogP contribution in [-0.4, -0.2) is 36.9 Å². The van der Waals surface area contributed by atoms with E-state index in [1.54, 1.807) is 6.20 Å². The lowest BCUT2D eigenvalue weighted by atomic mass is 9.71. The highest BCUT2D eigenvalue weighted by Crippen LogP contribution is 2.51. The average molecular weight is 355 g/mol. The molecule has 2 aromatic rings. The Kier molecular flexibility index (Phi) is 3.40. The van der Waals surface area contributed by atoms with Gasteiger partial charge in [-0.05, 0) is 30.2 Å². The Balaban J connectivity index is 1.67. The monoisotopic (exact) mass is 355 g/mol. The van der Waals surface area contributed by atoms with Crippen LogP contribution in [0.5, 0.6) is 5.75 Å². The number of rotatable bonds is 1. The zero-order chi connectivity index (χ0) is 17.7. The maximum absolute atomic E-state index is 13.6. The topological polar surface area (TPSA) is 79.0 Å². The van der Waals surface area contributed by atoms with Crippen molar-refractivity contribution in [1.29, 1.82) is 0 Å². The molecule has 1 aromatic carbocycles. The highest BCUT2D eigenvalue weighted by atomic mass is 19.1. The van der Waals surface area contributed by atoms with Crippen LogP contribution in [0, 0.1) is 11.7 Å². The Bertz CT molecular complexity index is 903. The van der Waals surface area contributed by atoms with E-state index in [1.807, 2.05) is 18.2 Å². The second-order valence-corrected chi connectivity index (χ2v) is 6.89. The summed E-state index contributed by atoms with van der Waals surface area (Å²) in [5, 5.41) is 0. The molecule has 1 aromatic heterocycles. The summed E-state index contributed by atoms with van der Waals surface area (Å²) in [5.74, 6) is 0.486. The predicted molar refractivity (Wildman–Crippen MR) is 92.2 cm³/mol. The number of benzene rings is 1. The van der Waals surface area contributed by atoms with Crippen molar-refractivity contribution in [3.05, 3.63) is 48.0 Å². The van der Waals surface area contributed by atoms with E-state index in [4.69, 9.17) is 24.9 Å². The Morgan fingerprint density at radius 3 is 2.92 bits per heavy atom. The fraction of sp³-hybridized carbons (Fsp3) is 0.368. The van der Waals surface area contributed by atoms with Gasteiger partial charge in [0, 0.05) is 29.8 Å². The number of fused-ring (bicyclic) bond motifs is 4. The molecular weight excluding hydrogens is 337 g/mol. The van der Waals surface area contributed by atoms with Crippen molar-refractivity contribution in [2.75, 3.05) is 19.8 Å². The highest BCUT2D eigenvalue weighted by Gasteiger charge is 2.54. The lowest BCUT2D eigenvalue weighted by molar-refractivity contribution is -0.0732. The Hall–Kier alpha value is -2.67. The van der Waals surface area contributed by atoms with E-state index >= 15 is 0 Å². The van der Waals surface area contributed by atoms with Crippen molar-refractivity contribution in [3.63, 3.8) is 0 Å². The van der Waals surface area contributed by atoms with E-state index in [0.717, 1.165) is 23.3 Å². The molecule has 26 heavy (non-hydrogen) atoms. The molecule has 1 spiro atoms. The van der Waals surface area contributed by atoms with Crippen LogP contribution in [-0.2, 0) is 15.0 Å². The molecule has 4 heterocycles. The summed E-state index contributed by atoms with van der Waals surface area (Å²) in [6.45, 7) is 1.56. The quantitative estimate of drug-likeness (QED) is 0.849. The van der Waals surface area contributed by atoms with Gasteiger partial charge in [0.25, 0.3) is 6.02 Å². The van der Waals surface area contributed by atoms with Crippen LogP contribution >= 0.6 is 0 Å². The normalized spacial score (nSPS) is 29.3. The van der Waals surface area contributed by atoms with Crippen LogP contribution < -0.4 is 10.5 Å². The first-order valence-electron chi connectivity index (χ1n) is 8.64. The van der Waals surface area contributed by atoms with Gasteiger partial charge in [-0.15, -0.1) is 0 Å². The van der Waals surface area contributed by atoms with E-state index in [1.165, 1.54) is 12.3 Å². The molecule has 134 valence electrons. The molecule has 1 fully saturated rings. The van der Waals surface area contributed by atoms with Gasteiger partial charge in [-0.25, -0.2) is 9.38 Å². The number of nitrogens with zero attached hydrogens (tertiary/aromatic N) is 2. The third kappa shape index (κ3) is 2.27. The van der Waals surface area contributed by atoms with Gasteiger partial charge in [0.05, 0.1) is 12.8 Å². The first-order valence-corrected chi connectivity index (χ1v) is 8.64. The zero-order valence-electron chi connectivity index (χ0n) is 14.0. The number of nitrogens with two attached hydrogens (primary N) is 1. The number of aromatic nitrogens is 1. The summed E-state index contributed by atoms with van der Waals surface area (Å²) in [6, 6.07) is 7.44. The molecule has 2 N–H and O–H groups in total. The van der Waals surface area contributed by atoms with Crippen LogP contribution in [0.4, 0.5) is 4.39 Å². The number of pyridine rings is 1. The van der Waals surface area contributed by atoms with E-state index in [9.17, 15) is 4.39 Å². The van der Waals surface area contributed by atoms with Crippen molar-refractivity contribution in [1.82, 2.24) is 4.98 Å². The van der Waals surface area contributed by atoms with Crippen LogP contribution in [0.15, 0.2) is 41.7 Å². The van der Waals surface area contributed by atoms with Gasteiger partial charge in [-0.3, -0.25) is 4.98 Å². The second kappa shape index (κ2) is 5.67. The molecule has 1 saturated heterocycles. The van der Waals surface area contributed by atoms with Crippen LogP contribution in [0.2, 0.25) is 0 Å². The Labute approximate surface area is 149 Å². The van der Waals surface area contributed by atoms with Gasteiger partial charge in [-0.1, -0.05) is 6.07 Å². The lowest BCUT2D eigenvalue weighted by Gasteiger charge is -2.45. The lowest BCUT2D eigenvalue weighted by Crippen LogP contribution is -2.52. The summed E-state index contributed by atoms with van der Waals surface area (Å²) in [6.07, 6.45) is 3.56. The fourth-order valence-electron chi connectivity index (χ4n) is 4.23. The van der Waals surface area contributed by atoms with Crippen molar-refractivity contribution in [2.45, 2.75) is 18.1 Å². The molecule has 3 aliphatic heterocycles. The van der Waals surface area contributed by atoms with E-state index < -0.39 is 5.54 Å². The van der Waals surface area contributed by atoms with Crippen molar-refractivity contribution in [3.8, 4) is 16.9 Å². The number of hydrogen-bond donors (Lipinski definition) is 1. The number of hydrogen-bond acceptors (Lipinski definition) is 6. The molecule has 0 unspecified atom stereocenters. The summed E-state index contributed by atoms with van der Waals surface area (Å²) in [5.41, 5.74) is 7.76. The highest BCUT2D eigenvalue weighted by molar-refractivity contribution is 5.75. The van der Waals surface area contributed by atoms with Gasteiger partial charge in [0.1, 0.15) is 29.8 Å².